The first-order valence-electron chi connectivity index (χ1n) is 6.19. The first-order chi connectivity index (χ1) is 8.20. The topological polar surface area (TPSA) is 99.4 Å². The van der Waals surface area contributed by atoms with E-state index in [1.807, 2.05) is 27.7 Å². The fourth-order valence-electron chi connectivity index (χ4n) is 1.60. The van der Waals surface area contributed by atoms with Crippen LogP contribution in [-0.2, 0) is 9.47 Å². The van der Waals surface area contributed by atoms with E-state index in [1.54, 1.807) is 0 Å². The van der Waals surface area contributed by atoms with E-state index >= 15 is 0 Å². The molecular weight excluding hydrogens is 240 g/mol. The van der Waals surface area contributed by atoms with Crippen molar-refractivity contribution in [2.75, 3.05) is 6.61 Å². The Hall–Kier alpha value is -0.240. The smallest absolute Gasteiger partial charge is 0.187 e. The van der Waals surface area contributed by atoms with Crippen LogP contribution in [-0.4, -0.2) is 63.3 Å². The van der Waals surface area contributed by atoms with E-state index in [0.29, 0.717) is 0 Å². The van der Waals surface area contributed by atoms with Gasteiger partial charge in [-0.3, -0.25) is 0 Å². The number of aliphatic hydroxyl groups is 4. The lowest BCUT2D eigenvalue weighted by molar-refractivity contribution is -0.327. The highest BCUT2D eigenvalue weighted by Crippen LogP contribution is 2.29. The van der Waals surface area contributed by atoms with Crippen LogP contribution in [0.5, 0.6) is 0 Å². The summed E-state index contributed by atoms with van der Waals surface area (Å²) in [5.74, 6) is 0.171. The molecule has 0 bridgehead atoms. The minimum Gasteiger partial charge on any atom is -0.394 e. The van der Waals surface area contributed by atoms with Gasteiger partial charge >= 0.3 is 0 Å². The Kier molecular flexibility index (Phi) is 5.11. The van der Waals surface area contributed by atoms with Crippen molar-refractivity contribution in [3.63, 3.8) is 0 Å². The van der Waals surface area contributed by atoms with Crippen LogP contribution in [0.15, 0.2) is 0 Å². The van der Waals surface area contributed by atoms with Gasteiger partial charge in [0.2, 0.25) is 0 Å². The molecule has 0 amide bonds. The van der Waals surface area contributed by atoms with Gasteiger partial charge in [0.05, 0.1) is 12.2 Å². The predicted octanol–water partition coefficient (Wildman–Crippen LogP) is -0.763. The van der Waals surface area contributed by atoms with Gasteiger partial charge in [0.25, 0.3) is 0 Å². The van der Waals surface area contributed by atoms with Gasteiger partial charge in [-0.25, -0.2) is 0 Å². The molecule has 1 aliphatic rings. The van der Waals surface area contributed by atoms with Crippen LogP contribution in [0.25, 0.3) is 0 Å². The lowest BCUT2D eigenvalue weighted by Gasteiger charge is -2.43. The van der Waals surface area contributed by atoms with E-state index in [4.69, 9.17) is 14.6 Å². The molecule has 0 aromatic rings. The Bertz CT molecular complexity index is 265. The highest BCUT2D eigenvalue weighted by molar-refractivity contribution is 4.90. The van der Waals surface area contributed by atoms with E-state index in [2.05, 4.69) is 0 Å². The zero-order chi connectivity index (χ0) is 14.1. The van der Waals surface area contributed by atoms with E-state index < -0.39 is 42.9 Å². The SMILES string of the molecule is CC(C)C(C)(C)O[C@H]1OC(CO)[C@@H](O)[C@H](O)C1O. The number of ether oxygens (including phenoxy) is 2. The maximum absolute atomic E-state index is 9.82. The van der Waals surface area contributed by atoms with Crippen molar-refractivity contribution >= 4 is 0 Å². The Balaban J connectivity index is 2.76. The Morgan fingerprint density at radius 3 is 2.11 bits per heavy atom. The maximum atomic E-state index is 9.82. The third-order valence-electron chi connectivity index (χ3n) is 3.66. The summed E-state index contributed by atoms with van der Waals surface area (Å²) in [6.45, 7) is 7.17. The van der Waals surface area contributed by atoms with Crippen molar-refractivity contribution in [1.29, 1.82) is 0 Å². The molecule has 1 rings (SSSR count). The summed E-state index contributed by atoms with van der Waals surface area (Å²) in [5, 5.41) is 38.1. The molecule has 0 aliphatic carbocycles. The summed E-state index contributed by atoms with van der Waals surface area (Å²) in [5.41, 5.74) is -0.562. The molecule has 108 valence electrons. The molecule has 0 aromatic heterocycles. The van der Waals surface area contributed by atoms with Gasteiger partial charge in [-0.1, -0.05) is 13.8 Å². The molecule has 5 atom stereocenters. The molecule has 0 radical (unpaired) electrons. The summed E-state index contributed by atoms with van der Waals surface area (Å²) in [4.78, 5) is 0. The molecule has 6 nitrogen and oxygen atoms in total. The molecular formula is C12H24O6. The summed E-state index contributed by atoms with van der Waals surface area (Å²) in [7, 11) is 0. The third kappa shape index (κ3) is 3.20. The van der Waals surface area contributed by atoms with Crippen molar-refractivity contribution in [2.24, 2.45) is 5.92 Å². The van der Waals surface area contributed by atoms with Crippen molar-refractivity contribution in [3.05, 3.63) is 0 Å². The van der Waals surface area contributed by atoms with Crippen LogP contribution in [0.3, 0.4) is 0 Å². The Labute approximate surface area is 107 Å². The van der Waals surface area contributed by atoms with Crippen molar-refractivity contribution in [2.45, 2.75) is 64.0 Å². The standard InChI is InChI=1S/C12H24O6/c1-6(2)12(3,4)18-11-10(16)9(15)8(14)7(5-13)17-11/h6-11,13-16H,5H2,1-4H3/t7?,8-,9+,10?,11-/m1/s1. The molecule has 1 heterocycles. The Morgan fingerprint density at radius 1 is 1.11 bits per heavy atom. The average molecular weight is 264 g/mol. The fourth-order valence-corrected chi connectivity index (χ4v) is 1.60. The number of hydrogen-bond donors (Lipinski definition) is 4. The highest BCUT2D eigenvalue weighted by Gasteiger charge is 2.46. The molecule has 2 unspecified atom stereocenters. The van der Waals surface area contributed by atoms with Gasteiger partial charge in [-0.15, -0.1) is 0 Å². The average Bonchev–Trinajstić information content (AvgIpc) is 2.29. The van der Waals surface area contributed by atoms with Gasteiger partial charge in [0, 0.05) is 0 Å². The minimum absolute atomic E-state index is 0.171. The zero-order valence-corrected chi connectivity index (χ0v) is 11.3. The van der Waals surface area contributed by atoms with Crippen molar-refractivity contribution in [1.82, 2.24) is 0 Å². The third-order valence-corrected chi connectivity index (χ3v) is 3.66. The molecule has 1 saturated heterocycles. The van der Waals surface area contributed by atoms with E-state index in [1.165, 1.54) is 0 Å². The van der Waals surface area contributed by atoms with Crippen LogP contribution in [0.2, 0.25) is 0 Å². The molecule has 4 N–H and O–H groups in total. The summed E-state index contributed by atoms with van der Waals surface area (Å²) < 4.78 is 10.9. The fraction of sp³-hybridized carbons (Fsp3) is 1.00. The first kappa shape index (κ1) is 15.8. The number of rotatable bonds is 4. The van der Waals surface area contributed by atoms with Crippen LogP contribution in [0.1, 0.15) is 27.7 Å². The summed E-state index contributed by atoms with van der Waals surface area (Å²) in [6.07, 6.45) is -6.11. The summed E-state index contributed by atoms with van der Waals surface area (Å²) >= 11 is 0. The van der Waals surface area contributed by atoms with Crippen LogP contribution < -0.4 is 0 Å². The number of aliphatic hydroxyl groups excluding tert-OH is 4. The van der Waals surface area contributed by atoms with E-state index in [9.17, 15) is 15.3 Å². The quantitative estimate of drug-likeness (QED) is 0.532. The minimum atomic E-state index is -1.40. The van der Waals surface area contributed by atoms with E-state index in [-0.39, 0.29) is 5.92 Å². The molecule has 1 aliphatic heterocycles. The van der Waals surface area contributed by atoms with E-state index in [0.717, 1.165) is 0 Å². The molecule has 18 heavy (non-hydrogen) atoms. The van der Waals surface area contributed by atoms with Gasteiger partial charge in [-0.05, 0) is 19.8 Å². The lowest BCUT2D eigenvalue weighted by Crippen LogP contribution is -2.60. The van der Waals surface area contributed by atoms with Crippen molar-refractivity contribution < 1.29 is 29.9 Å². The highest BCUT2D eigenvalue weighted by atomic mass is 16.7. The van der Waals surface area contributed by atoms with Gasteiger partial charge in [-0.2, -0.15) is 0 Å². The Morgan fingerprint density at radius 2 is 1.67 bits per heavy atom. The molecule has 0 saturated carbocycles. The second-order valence-electron chi connectivity index (χ2n) is 5.57. The van der Waals surface area contributed by atoms with Crippen LogP contribution in [0, 0.1) is 5.92 Å². The largest absolute Gasteiger partial charge is 0.394 e. The first-order valence-corrected chi connectivity index (χ1v) is 6.19. The molecule has 1 fully saturated rings. The monoisotopic (exact) mass is 264 g/mol. The molecule has 0 spiro atoms. The van der Waals surface area contributed by atoms with Gasteiger partial charge < -0.3 is 29.9 Å². The van der Waals surface area contributed by atoms with Crippen molar-refractivity contribution in [3.8, 4) is 0 Å². The van der Waals surface area contributed by atoms with Crippen LogP contribution in [0.4, 0.5) is 0 Å². The van der Waals surface area contributed by atoms with Gasteiger partial charge in [0.1, 0.15) is 24.4 Å². The second kappa shape index (κ2) is 5.81. The summed E-state index contributed by atoms with van der Waals surface area (Å²) in [6, 6.07) is 0. The van der Waals surface area contributed by atoms with Crippen LogP contribution >= 0.6 is 0 Å². The molecule has 6 heteroatoms. The zero-order valence-electron chi connectivity index (χ0n) is 11.3. The second-order valence-corrected chi connectivity index (χ2v) is 5.57. The normalized spacial score (nSPS) is 38.2. The maximum Gasteiger partial charge on any atom is 0.187 e. The van der Waals surface area contributed by atoms with Gasteiger partial charge in [0.15, 0.2) is 6.29 Å². The molecule has 0 aromatic carbocycles. The predicted molar refractivity (Wildman–Crippen MR) is 63.8 cm³/mol. The lowest BCUT2D eigenvalue weighted by atomic mass is 9.93. The number of hydrogen-bond acceptors (Lipinski definition) is 6.